The van der Waals surface area contributed by atoms with Crippen molar-refractivity contribution in [1.29, 1.82) is 0 Å². The Morgan fingerprint density at radius 3 is 3.15 bits per heavy atom. The maximum absolute atomic E-state index is 11.8. The SMILES string of the molecule is CCCCOc1cccc(NC(=O)NC2CCOC2)c1. The van der Waals surface area contributed by atoms with Gasteiger partial charge in [0.15, 0.2) is 0 Å². The van der Waals surface area contributed by atoms with Crippen molar-refractivity contribution in [3.05, 3.63) is 24.3 Å². The number of anilines is 1. The van der Waals surface area contributed by atoms with Gasteiger partial charge in [0.1, 0.15) is 5.75 Å². The fraction of sp³-hybridized carbons (Fsp3) is 0.533. The summed E-state index contributed by atoms with van der Waals surface area (Å²) >= 11 is 0. The summed E-state index contributed by atoms with van der Waals surface area (Å²) in [6.07, 6.45) is 3.00. The number of amides is 2. The Morgan fingerprint density at radius 1 is 1.50 bits per heavy atom. The number of rotatable bonds is 6. The first-order chi connectivity index (χ1) is 9.78. The number of carbonyl (C=O) groups is 1. The van der Waals surface area contributed by atoms with E-state index in [2.05, 4.69) is 17.6 Å². The van der Waals surface area contributed by atoms with Gasteiger partial charge in [-0.2, -0.15) is 0 Å². The Morgan fingerprint density at radius 2 is 2.40 bits per heavy atom. The molecule has 1 saturated heterocycles. The second-order valence-electron chi connectivity index (χ2n) is 4.89. The van der Waals surface area contributed by atoms with Crippen LogP contribution in [0.15, 0.2) is 24.3 Å². The molecular weight excluding hydrogens is 256 g/mol. The quantitative estimate of drug-likeness (QED) is 0.787. The van der Waals surface area contributed by atoms with Crippen LogP contribution in [0.25, 0.3) is 0 Å². The van der Waals surface area contributed by atoms with Gasteiger partial charge in [-0.1, -0.05) is 19.4 Å². The molecule has 1 unspecified atom stereocenters. The van der Waals surface area contributed by atoms with Crippen LogP contribution in [-0.4, -0.2) is 31.9 Å². The van der Waals surface area contributed by atoms with Crippen molar-refractivity contribution in [3.63, 3.8) is 0 Å². The maximum Gasteiger partial charge on any atom is 0.319 e. The molecule has 1 fully saturated rings. The van der Waals surface area contributed by atoms with Gasteiger partial charge in [0.2, 0.25) is 0 Å². The summed E-state index contributed by atoms with van der Waals surface area (Å²) in [6.45, 7) is 4.13. The number of unbranched alkanes of at least 4 members (excludes halogenated alkanes) is 1. The van der Waals surface area contributed by atoms with Crippen LogP contribution in [0.1, 0.15) is 26.2 Å². The Balaban J connectivity index is 1.81. The zero-order valence-electron chi connectivity index (χ0n) is 11.9. The van der Waals surface area contributed by atoms with E-state index in [0.717, 1.165) is 30.7 Å². The Hall–Kier alpha value is -1.75. The largest absolute Gasteiger partial charge is 0.494 e. The molecule has 1 aromatic rings. The average Bonchev–Trinajstić information content (AvgIpc) is 2.92. The molecule has 20 heavy (non-hydrogen) atoms. The first-order valence-electron chi connectivity index (χ1n) is 7.16. The van der Waals surface area contributed by atoms with Crippen LogP contribution in [0.3, 0.4) is 0 Å². The Kier molecular flexibility index (Phi) is 5.68. The highest BCUT2D eigenvalue weighted by molar-refractivity contribution is 5.89. The van der Waals surface area contributed by atoms with Crippen molar-refractivity contribution >= 4 is 11.7 Å². The number of benzene rings is 1. The molecule has 0 radical (unpaired) electrons. The van der Waals surface area contributed by atoms with E-state index in [9.17, 15) is 4.79 Å². The molecule has 2 N–H and O–H groups in total. The van der Waals surface area contributed by atoms with E-state index in [1.165, 1.54) is 0 Å². The highest BCUT2D eigenvalue weighted by Crippen LogP contribution is 2.17. The third-order valence-electron chi connectivity index (χ3n) is 3.12. The zero-order valence-corrected chi connectivity index (χ0v) is 11.9. The fourth-order valence-corrected chi connectivity index (χ4v) is 2.00. The minimum absolute atomic E-state index is 0.110. The van der Waals surface area contributed by atoms with Crippen LogP contribution in [0.2, 0.25) is 0 Å². The summed E-state index contributed by atoms with van der Waals surface area (Å²) in [6, 6.07) is 7.35. The van der Waals surface area contributed by atoms with Crippen LogP contribution in [0, 0.1) is 0 Å². The molecule has 110 valence electrons. The first-order valence-corrected chi connectivity index (χ1v) is 7.16. The van der Waals surface area contributed by atoms with Gasteiger partial charge in [0.25, 0.3) is 0 Å². The fourth-order valence-electron chi connectivity index (χ4n) is 2.00. The predicted molar refractivity (Wildman–Crippen MR) is 78.2 cm³/mol. The van der Waals surface area contributed by atoms with Gasteiger partial charge in [-0.15, -0.1) is 0 Å². The molecule has 0 aliphatic carbocycles. The van der Waals surface area contributed by atoms with E-state index in [1.54, 1.807) is 0 Å². The number of ether oxygens (including phenoxy) is 2. The third-order valence-corrected chi connectivity index (χ3v) is 3.12. The smallest absolute Gasteiger partial charge is 0.319 e. The summed E-state index contributed by atoms with van der Waals surface area (Å²) in [5.41, 5.74) is 0.732. The number of hydrogen-bond donors (Lipinski definition) is 2. The van der Waals surface area contributed by atoms with Crippen molar-refractivity contribution in [2.75, 3.05) is 25.1 Å². The highest BCUT2D eigenvalue weighted by atomic mass is 16.5. The van der Waals surface area contributed by atoms with Gasteiger partial charge in [0.05, 0.1) is 19.3 Å². The van der Waals surface area contributed by atoms with E-state index < -0.39 is 0 Å². The number of carbonyl (C=O) groups excluding carboxylic acids is 1. The van der Waals surface area contributed by atoms with Gasteiger partial charge < -0.3 is 20.1 Å². The Labute approximate surface area is 119 Å². The summed E-state index contributed by atoms with van der Waals surface area (Å²) in [5, 5.41) is 5.70. The minimum atomic E-state index is -0.203. The lowest BCUT2D eigenvalue weighted by atomic mass is 10.2. The molecule has 1 aromatic carbocycles. The molecule has 1 heterocycles. The van der Waals surface area contributed by atoms with E-state index in [0.29, 0.717) is 19.8 Å². The lowest BCUT2D eigenvalue weighted by molar-refractivity contribution is 0.189. The second-order valence-corrected chi connectivity index (χ2v) is 4.89. The molecule has 0 saturated carbocycles. The molecule has 2 amide bonds. The number of hydrogen-bond acceptors (Lipinski definition) is 3. The van der Waals surface area contributed by atoms with E-state index in [1.807, 2.05) is 24.3 Å². The van der Waals surface area contributed by atoms with Crippen molar-refractivity contribution in [1.82, 2.24) is 5.32 Å². The predicted octanol–water partition coefficient (Wildman–Crippen LogP) is 2.78. The number of urea groups is 1. The summed E-state index contributed by atoms with van der Waals surface area (Å²) in [4.78, 5) is 11.8. The van der Waals surface area contributed by atoms with Gasteiger partial charge >= 0.3 is 6.03 Å². The first kappa shape index (κ1) is 14.7. The maximum atomic E-state index is 11.8. The topological polar surface area (TPSA) is 59.6 Å². The van der Waals surface area contributed by atoms with Crippen LogP contribution in [-0.2, 0) is 4.74 Å². The van der Waals surface area contributed by atoms with E-state index in [4.69, 9.17) is 9.47 Å². The Bertz CT molecular complexity index is 431. The van der Waals surface area contributed by atoms with Crippen LogP contribution < -0.4 is 15.4 Å². The summed E-state index contributed by atoms with van der Waals surface area (Å²) < 4.78 is 10.8. The van der Waals surface area contributed by atoms with Crippen molar-refractivity contribution < 1.29 is 14.3 Å². The molecule has 1 atom stereocenters. The molecule has 5 nitrogen and oxygen atoms in total. The summed E-state index contributed by atoms with van der Waals surface area (Å²) in [7, 11) is 0. The monoisotopic (exact) mass is 278 g/mol. The van der Waals surface area contributed by atoms with Crippen molar-refractivity contribution in [3.8, 4) is 5.75 Å². The lowest BCUT2D eigenvalue weighted by Crippen LogP contribution is -2.38. The number of nitrogens with one attached hydrogen (secondary N) is 2. The normalized spacial score (nSPS) is 17.8. The molecule has 0 bridgehead atoms. The van der Waals surface area contributed by atoms with Crippen LogP contribution >= 0.6 is 0 Å². The standard InChI is InChI=1S/C15H22N2O3/c1-2-3-8-20-14-6-4-5-12(10-14)16-15(18)17-13-7-9-19-11-13/h4-6,10,13H,2-3,7-9,11H2,1H3,(H2,16,17,18). The molecule has 2 rings (SSSR count). The highest BCUT2D eigenvalue weighted by Gasteiger charge is 2.17. The summed E-state index contributed by atoms with van der Waals surface area (Å²) in [5.74, 6) is 0.778. The van der Waals surface area contributed by atoms with Gasteiger partial charge in [-0.05, 0) is 25.0 Å². The van der Waals surface area contributed by atoms with Gasteiger partial charge in [-0.25, -0.2) is 4.79 Å². The van der Waals surface area contributed by atoms with Crippen LogP contribution in [0.5, 0.6) is 5.75 Å². The van der Waals surface area contributed by atoms with Gasteiger partial charge in [0, 0.05) is 18.4 Å². The van der Waals surface area contributed by atoms with Gasteiger partial charge in [-0.3, -0.25) is 0 Å². The van der Waals surface area contributed by atoms with Crippen molar-refractivity contribution in [2.24, 2.45) is 0 Å². The van der Waals surface area contributed by atoms with Crippen molar-refractivity contribution in [2.45, 2.75) is 32.2 Å². The molecular formula is C15H22N2O3. The zero-order chi connectivity index (χ0) is 14.2. The average molecular weight is 278 g/mol. The third kappa shape index (κ3) is 4.74. The molecule has 5 heteroatoms. The molecule has 1 aliphatic rings. The molecule has 0 spiro atoms. The molecule has 0 aromatic heterocycles. The lowest BCUT2D eigenvalue weighted by Gasteiger charge is -2.12. The van der Waals surface area contributed by atoms with E-state index >= 15 is 0 Å². The minimum Gasteiger partial charge on any atom is -0.494 e. The van der Waals surface area contributed by atoms with E-state index in [-0.39, 0.29) is 12.1 Å². The molecule has 1 aliphatic heterocycles. The van der Waals surface area contributed by atoms with Crippen LogP contribution in [0.4, 0.5) is 10.5 Å². The second kappa shape index (κ2) is 7.75.